The summed E-state index contributed by atoms with van der Waals surface area (Å²) >= 11 is 6.18. The molecule has 0 aliphatic heterocycles. The van der Waals surface area contributed by atoms with Crippen molar-refractivity contribution in [2.75, 3.05) is 12.4 Å². The van der Waals surface area contributed by atoms with Gasteiger partial charge in [0.25, 0.3) is 11.6 Å². The first-order valence-corrected chi connectivity index (χ1v) is 9.51. The zero-order chi connectivity index (χ0) is 22.1. The number of ether oxygens (including phenoxy) is 1. The van der Waals surface area contributed by atoms with Gasteiger partial charge in [-0.25, -0.2) is 0 Å². The van der Waals surface area contributed by atoms with E-state index in [-0.39, 0.29) is 11.6 Å². The van der Waals surface area contributed by atoms with Crippen LogP contribution < -0.4 is 10.1 Å². The smallest absolute Gasteiger partial charge is 0.272 e. The number of hydrogen-bond donors (Lipinski definition) is 1. The molecule has 0 bridgehead atoms. The number of nitro groups is 1. The Morgan fingerprint density at radius 3 is 2.55 bits per heavy atom. The third-order valence-corrected chi connectivity index (χ3v) is 4.96. The molecule has 0 saturated carbocycles. The Labute approximate surface area is 181 Å². The van der Waals surface area contributed by atoms with E-state index in [1.165, 1.54) is 30.1 Å². The number of aryl methyl sites for hydroxylation is 1. The molecule has 0 radical (unpaired) electrons. The molecule has 0 fully saturated rings. The highest BCUT2D eigenvalue weighted by Gasteiger charge is 2.15. The third kappa shape index (κ3) is 4.03. The number of nitro benzene ring substituents is 1. The van der Waals surface area contributed by atoms with Gasteiger partial charge in [0.05, 0.1) is 22.7 Å². The highest BCUT2D eigenvalue weighted by Crippen LogP contribution is 2.27. The monoisotopic (exact) mass is 437 g/mol. The Morgan fingerprint density at radius 1 is 1.10 bits per heavy atom. The van der Waals surface area contributed by atoms with E-state index < -0.39 is 4.92 Å². The van der Waals surface area contributed by atoms with Crippen LogP contribution >= 0.6 is 11.6 Å². The number of benzene rings is 3. The second-order valence-electron chi connectivity index (χ2n) is 6.72. The first kappa shape index (κ1) is 20.3. The lowest BCUT2D eigenvalue weighted by Gasteiger charge is -2.06. The topological polar surface area (TPSA) is 112 Å². The zero-order valence-electron chi connectivity index (χ0n) is 16.5. The van der Waals surface area contributed by atoms with Crippen LogP contribution in [0.1, 0.15) is 15.9 Å². The highest BCUT2D eigenvalue weighted by molar-refractivity contribution is 6.32. The number of carbonyl (C=O) groups is 1. The number of aromatic nitrogens is 3. The molecule has 0 aliphatic rings. The lowest BCUT2D eigenvalue weighted by Crippen LogP contribution is -2.12. The molecule has 9 nitrogen and oxygen atoms in total. The number of rotatable bonds is 5. The molecule has 10 heteroatoms. The minimum Gasteiger partial charge on any atom is -0.495 e. The molecular formula is C21H16ClN5O4. The third-order valence-electron chi connectivity index (χ3n) is 4.66. The number of methoxy groups -OCH3 is 1. The quantitative estimate of drug-likeness (QED) is 0.362. The molecule has 1 aromatic heterocycles. The Morgan fingerprint density at radius 2 is 1.87 bits per heavy atom. The first-order chi connectivity index (χ1) is 14.9. The van der Waals surface area contributed by atoms with Crippen molar-refractivity contribution in [3.05, 3.63) is 80.9 Å². The fraction of sp³-hybridized carbons (Fsp3) is 0.0952. The summed E-state index contributed by atoms with van der Waals surface area (Å²) in [6.07, 6.45) is 0. The van der Waals surface area contributed by atoms with Crippen molar-refractivity contribution in [1.82, 2.24) is 15.0 Å². The van der Waals surface area contributed by atoms with E-state index in [0.717, 1.165) is 0 Å². The Balaban J connectivity index is 1.58. The summed E-state index contributed by atoms with van der Waals surface area (Å²) in [5.74, 6) is 0.167. The van der Waals surface area contributed by atoms with Crippen LogP contribution in [-0.2, 0) is 0 Å². The normalized spacial score (nSPS) is 10.8. The van der Waals surface area contributed by atoms with Crippen LogP contribution in [0.25, 0.3) is 16.7 Å². The first-order valence-electron chi connectivity index (χ1n) is 9.13. The number of nitrogens with zero attached hydrogens (tertiary/aromatic N) is 4. The summed E-state index contributed by atoms with van der Waals surface area (Å²) in [5.41, 5.74) is 3.09. The molecule has 3 aromatic carbocycles. The van der Waals surface area contributed by atoms with Crippen molar-refractivity contribution < 1.29 is 14.5 Å². The van der Waals surface area contributed by atoms with E-state index in [4.69, 9.17) is 16.3 Å². The van der Waals surface area contributed by atoms with Crippen LogP contribution in [0.4, 0.5) is 11.4 Å². The second kappa shape index (κ2) is 8.04. The van der Waals surface area contributed by atoms with Crippen LogP contribution in [0.5, 0.6) is 5.75 Å². The molecular weight excluding hydrogens is 422 g/mol. The molecule has 156 valence electrons. The summed E-state index contributed by atoms with van der Waals surface area (Å²) in [5, 5.41) is 23.0. The van der Waals surface area contributed by atoms with Gasteiger partial charge < -0.3 is 10.1 Å². The van der Waals surface area contributed by atoms with Gasteiger partial charge in [0.15, 0.2) is 0 Å². The number of anilines is 1. The SMILES string of the molecule is COc1ccc(-n2nc3ccc(NC(=O)c4ccc([N+](=O)[O-])c(C)c4)cc3n2)cc1Cl. The number of hydrogen-bond acceptors (Lipinski definition) is 6. The number of amides is 1. The maximum atomic E-state index is 12.6. The molecule has 31 heavy (non-hydrogen) atoms. The van der Waals surface area contributed by atoms with Gasteiger partial charge in [0, 0.05) is 22.9 Å². The molecule has 1 amide bonds. The molecule has 1 N–H and O–H groups in total. The molecule has 4 aromatic rings. The van der Waals surface area contributed by atoms with E-state index in [2.05, 4.69) is 15.5 Å². The van der Waals surface area contributed by atoms with Crippen molar-refractivity contribution in [2.45, 2.75) is 6.92 Å². The summed E-state index contributed by atoms with van der Waals surface area (Å²) in [6, 6.07) is 14.6. The van der Waals surface area contributed by atoms with E-state index >= 15 is 0 Å². The van der Waals surface area contributed by atoms with Crippen molar-refractivity contribution in [3.8, 4) is 11.4 Å². The van der Waals surface area contributed by atoms with Gasteiger partial charge in [-0.2, -0.15) is 4.80 Å². The van der Waals surface area contributed by atoms with Gasteiger partial charge in [-0.15, -0.1) is 10.2 Å². The van der Waals surface area contributed by atoms with Gasteiger partial charge in [0.2, 0.25) is 0 Å². The molecule has 0 atom stereocenters. The zero-order valence-corrected chi connectivity index (χ0v) is 17.3. The van der Waals surface area contributed by atoms with Gasteiger partial charge in [-0.3, -0.25) is 14.9 Å². The van der Waals surface area contributed by atoms with Crippen LogP contribution in [-0.4, -0.2) is 32.9 Å². The van der Waals surface area contributed by atoms with Gasteiger partial charge in [-0.1, -0.05) is 11.6 Å². The summed E-state index contributed by atoms with van der Waals surface area (Å²) in [6.45, 7) is 1.59. The minimum atomic E-state index is -0.482. The van der Waals surface area contributed by atoms with Crippen molar-refractivity contribution in [3.63, 3.8) is 0 Å². The van der Waals surface area contributed by atoms with E-state index in [9.17, 15) is 14.9 Å². The number of halogens is 1. The average molecular weight is 438 g/mol. The highest BCUT2D eigenvalue weighted by atomic mass is 35.5. The van der Waals surface area contributed by atoms with Gasteiger partial charge in [-0.05, 0) is 55.5 Å². The predicted octanol–water partition coefficient (Wildman–Crippen LogP) is 4.55. The lowest BCUT2D eigenvalue weighted by atomic mass is 10.1. The largest absolute Gasteiger partial charge is 0.495 e. The lowest BCUT2D eigenvalue weighted by molar-refractivity contribution is -0.385. The predicted molar refractivity (Wildman–Crippen MR) is 116 cm³/mol. The van der Waals surface area contributed by atoms with E-state index in [1.54, 1.807) is 43.3 Å². The van der Waals surface area contributed by atoms with Crippen LogP contribution in [0, 0.1) is 17.0 Å². The number of fused-ring (bicyclic) bond motifs is 1. The average Bonchev–Trinajstić information content (AvgIpc) is 3.16. The molecule has 1 heterocycles. The van der Waals surface area contributed by atoms with Crippen LogP contribution in [0.2, 0.25) is 5.02 Å². The minimum absolute atomic E-state index is 0.0341. The number of carbonyl (C=O) groups excluding carboxylic acids is 1. The fourth-order valence-electron chi connectivity index (χ4n) is 3.09. The Bertz CT molecular complexity index is 1330. The van der Waals surface area contributed by atoms with E-state index in [0.29, 0.717) is 44.3 Å². The van der Waals surface area contributed by atoms with E-state index in [1.807, 2.05) is 0 Å². The molecule has 4 rings (SSSR count). The van der Waals surface area contributed by atoms with Crippen LogP contribution in [0.3, 0.4) is 0 Å². The second-order valence-corrected chi connectivity index (χ2v) is 7.13. The van der Waals surface area contributed by atoms with Crippen molar-refractivity contribution in [2.24, 2.45) is 0 Å². The Hall–Kier alpha value is -3.98. The van der Waals surface area contributed by atoms with Gasteiger partial charge >= 0.3 is 0 Å². The maximum Gasteiger partial charge on any atom is 0.272 e. The standard InChI is InChI=1S/C21H16ClN5O4/c1-12-9-13(3-7-19(12)27(29)30)21(28)23-14-4-6-17-18(10-14)25-26(24-17)15-5-8-20(31-2)16(22)11-15/h3-11H,1-2H3,(H,23,28). The van der Waals surface area contributed by atoms with Gasteiger partial charge in [0.1, 0.15) is 16.8 Å². The van der Waals surface area contributed by atoms with Crippen LogP contribution in [0.15, 0.2) is 54.6 Å². The fourth-order valence-corrected chi connectivity index (χ4v) is 3.34. The molecule has 0 saturated heterocycles. The van der Waals surface area contributed by atoms with Crippen molar-refractivity contribution >= 4 is 39.9 Å². The molecule has 0 spiro atoms. The maximum absolute atomic E-state index is 12.6. The summed E-state index contributed by atoms with van der Waals surface area (Å²) < 4.78 is 5.15. The Kier molecular flexibility index (Phi) is 5.26. The summed E-state index contributed by atoms with van der Waals surface area (Å²) in [4.78, 5) is 24.5. The molecule has 0 unspecified atom stereocenters. The molecule has 0 aliphatic carbocycles. The number of nitrogens with one attached hydrogen (secondary N) is 1. The summed E-state index contributed by atoms with van der Waals surface area (Å²) in [7, 11) is 1.54. The van der Waals surface area contributed by atoms with Crippen molar-refractivity contribution in [1.29, 1.82) is 0 Å².